The van der Waals surface area contributed by atoms with Gasteiger partial charge in [-0.25, -0.2) is 27.5 Å². The van der Waals surface area contributed by atoms with Gasteiger partial charge >= 0.3 is 6.03 Å². The Labute approximate surface area is 370 Å². The Balaban J connectivity index is 0.783. The van der Waals surface area contributed by atoms with Crippen molar-refractivity contribution >= 4 is 63.9 Å². The number of likely N-dealkylation sites (tertiary alicyclic amines) is 2. The van der Waals surface area contributed by atoms with Gasteiger partial charge in [-0.3, -0.25) is 34.5 Å². The number of carbonyl (C=O) groups excluding carboxylic acids is 4. The molecule has 2 atom stereocenters. The fourth-order valence-corrected chi connectivity index (χ4v) is 9.85. The highest BCUT2D eigenvalue weighted by molar-refractivity contribution is 6.34. The molecule has 3 saturated heterocycles. The van der Waals surface area contributed by atoms with E-state index < -0.39 is 42.0 Å². The number of amides is 5. The van der Waals surface area contributed by atoms with Crippen molar-refractivity contribution in [1.82, 2.24) is 40.0 Å². The predicted molar refractivity (Wildman–Crippen MR) is 233 cm³/mol. The van der Waals surface area contributed by atoms with Crippen LogP contribution in [-0.2, 0) is 17.8 Å². The molecule has 4 fully saturated rings. The molecule has 1 spiro atoms. The molecule has 19 heteroatoms. The smallest absolute Gasteiger partial charge is 0.328 e. The summed E-state index contributed by atoms with van der Waals surface area (Å²) in [5.74, 6) is -3.53. The number of nitrogens with one attached hydrogen (secondary N) is 3. The molecule has 5 aliphatic rings. The predicted octanol–water partition coefficient (Wildman–Crippen LogP) is 6.23. The van der Waals surface area contributed by atoms with Crippen molar-refractivity contribution < 1.29 is 32.3 Å². The van der Waals surface area contributed by atoms with E-state index in [1.54, 1.807) is 29.1 Å². The monoisotopic (exact) mass is 895 g/mol. The van der Waals surface area contributed by atoms with Gasteiger partial charge in [0.05, 0.1) is 40.9 Å². The number of benzene rings is 2. The Bertz CT molecular complexity index is 2710. The molecule has 1 aliphatic carbocycles. The molecular formula is C45H45ClF3N11O4. The van der Waals surface area contributed by atoms with Crippen LogP contribution in [-0.4, -0.2) is 118 Å². The lowest BCUT2D eigenvalue weighted by Crippen LogP contribution is -2.59. The molecule has 15 nitrogen and oxygen atoms in total. The minimum Gasteiger partial charge on any atom is -0.385 e. The first-order valence-electron chi connectivity index (χ1n) is 21.5. The van der Waals surface area contributed by atoms with E-state index >= 15 is 8.78 Å². The molecular weight excluding hydrogens is 851 g/mol. The number of pyridine rings is 1. The van der Waals surface area contributed by atoms with Crippen molar-refractivity contribution in [3.63, 3.8) is 0 Å². The molecule has 5 aromatic rings. The fraction of sp³-hybridized carbons (Fsp3) is 0.400. The molecule has 64 heavy (non-hydrogen) atoms. The number of hydrogen-bond acceptors (Lipinski definition) is 10. The second kappa shape index (κ2) is 16.1. The van der Waals surface area contributed by atoms with Gasteiger partial charge in [-0.15, -0.1) is 5.10 Å². The lowest BCUT2D eigenvalue weighted by atomic mass is 9.68. The van der Waals surface area contributed by atoms with Crippen molar-refractivity contribution in [3.8, 4) is 11.3 Å². The number of rotatable bonds is 9. The number of urea groups is 1. The Morgan fingerprint density at radius 1 is 0.922 bits per heavy atom. The highest BCUT2D eigenvalue weighted by Crippen LogP contribution is 2.51. The third-order valence-corrected chi connectivity index (χ3v) is 13.8. The van der Waals surface area contributed by atoms with Crippen molar-refractivity contribution in [2.24, 2.45) is 5.41 Å². The maximum absolute atomic E-state index is 16.2. The largest absolute Gasteiger partial charge is 0.385 e. The molecule has 10 rings (SSSR count). The number of alkyl halides is 3. The van der Waals surface area contributed by atoms with Crippen LogP contribution in [0.5, 0.6) is 0 Å². The molecule has 0 radical (unpaired) electrons. The molecule has 4 aliphatic heterocycles. The average molecular weight is 896 g/mol. The Morgan fingerprint density at radius 3 is 2.42 bits per heavy atom. The summed E-state index contributed by atoms with van der Waals surface area (Å²) in [6, 6.07) is 15.2. The topological polar surface area (TPSA) is 160 Å². The number of aromatic nitrogens is 4. The summed E-state index contributed by atoms with van der Waals surface area (Å²) < 4.78 is 47.5. The fourth-order valence-electron chi connectivity index (χ4n) is 9.63. The molecule has 7 heterocycles. The number of imidazole rings is 1. The van der Waals surface area contributed by atoms with Gasteiger partial charge in [0, 0.05) is 87.1 Å². The zero-order valence-electron chi connectivity index (χ0n) is 34.9. The summed E-state index contributed by atoms with van der Waals surface area (Å²) in [4.78, 5) is 66.7. The SMILES string of the molecule is CNc1cc(N2CCc3c(-c4ccc(CN5CCC6(CCN(C(=O)c7ccc(Cl)c(N8CCC(=O)NC8=O)c7)CC6)C(F)(F)C5)cn4)cccc32)nn2c(C(=O)N[C@@H]3C[C@@H]3F)cnc12. The molecule has 3 aromatic heterocycles. The molecule has 0 bridgehead atoms. The molecule has 5 amide bonds. The van der Waals surface area contributed by atoms with E-state index in [0.717, 1.165) is 28.1 Å². The van der Waals surface area contributed by atoms with E-state index in [1.165, 1.54) is 27.7 Å². The van der Waals surface area contributed by atoms with E-state index in [4.69, 9.17) is 21.7 Å². The van der Waals surface area contributed by atoms with E-state index in [9.17, 15) is 23.6 Å². The third kappa shape index (κ3) is 7.45. The van der Waals surface area contributed by atoms with Crippen LogP contribution in [0.1, 0.15) is 64.1 Å². The Morgan fingerprint density at radius 2 is 1.70 bits per heavy atom. The molecule has 1 saturated carbocycles. The lowest BCUT2D eigenvalue weighted by molar-refractivity contribution is -0.186. The van der Waals surface area contributed by atoms with Crippen molar-refractivity contribution in [2.75, 3.05) is 61.4 Å². The van der Waals surface area contributed by atoms with Crippen LogP contribution in [0.15, 0.2) is 67.0 Å². The van der Waals surface area contributed by atoms with Gasteiger partial charge in [-0.05, 0) is 73.7 Å². The zero-order valence-corrected chi connectivity index (χ0v) is 35.7. The van der Waals surface area contributed by atoms with Gasteiger partial charge in [-0.2, -0.15) is 0 Å². The Kier molecular flexibility index (Phi) is 10.5. The van der Waals surface area contributed by atoms with Gasteiger partial charge < -0.3 is 20.4 Å². The highest BCUT2D eigenvalue weighted by Gasteiger charge is 2.57. The number of anilines is 4. The average Bonchev–Trinajstić information content (AvgIpc) is 3.59. The van der Waals surface area contributed by atoms with Crippen molar-refractivity contribution in [2.45, 2.75) is 63.2 Å². The minimum atomic E-state index is -2.98. The Hall–Kier alpha value is -6.27. The van der Waals surface area contributed by atoms with E-state index in [2.05, 4.69) is 25.8 Å². The zero-order chi connectivity index (χ0) is 44.5. The van der Waals surface area contributed by atoms with Crippen LogP contribution in [0.25, 0.3) is 16.9 Å². The van der Waals surface area contributed by atoms with Gasteiger partial charge in [0.2, 0.25) is 5.91 Å². The normalized spacial score (nSPS) is 21.5. The number of nitrogens with zero attached hydrogens (tertiary/aromatic N) is 8. The lowest BCUT2D eigenvalue weighted by Gasteiger charge is -2.51. The van der Waals surface area contributed by atoms with Crippen LogP contribution >= 0.6 is 11.6 Å². The number of fused-ring (bicyclic) bond motifs is 2. The van der Waals surface area contributed by atoms with Crippen LogP contribution in [0.2, 0.25) is 5.02 Å². The summed E-state index contributed by atoms with van der Waals surface area (Å²) in [6.07, 6.45) is 3.88. The third-order valence-electron chi connectivity index (χ3n) is 13.4. The van der Waals surface area contributed by atoms with Crippen LogP contribution in [0.4, 0.5) is 40.8 Å². The summed E-state index contributed by atoms with van der Waals surface area (Å²) in [5, 5.41) is 13.2. The summed E-state index contributed by atoms with van der Waals surface area (Å²) >= 11 is 6.38. The minimum absolute atomic E-state index is 0.0996. The van der Waals surface area contributed by atoms with Crippen molar-refractivity contribution in [3.05, 3.63) is 94.4 Å². The first-order valence-corrected chi connectivity index (χ1v) is 21.9. The quantitative estimate of drug-likeness (QED) is 0.155. The van der Waals surface area contributed by atoms with Gasteiger partial charge in [0.25, 0.3) is 17.7 Å². The van der Waals surface area contributed by atoms with E-state index in [1.807, 2.05) is 36.4 Å². The van der Waals surface area contributed by atoms with Crippen LogP contribution < -0.4 is 25.8 Å². The maximum atomic E-state index is 16.2. The van der Waals surface area contributed by atoms with E-state index in [-0.39, 0.29) is 67.0 Å². The van der Waals surface area contributed by atoms with Gasteiger partial charge in [0.1, 0.15) is 6.17 Å². The van der Waals surface area contributed by atoms with Crippen LogP contribution in [0, 0.1) is 5.41 Å². The second-order valence-electron chi connectivity index (χ2n) is 17.3. The maximum Gasteiger partial charge on any atom is 0.328 e. The standard InChI is InChI=1S/C45H45ClF3N11O4/c1-50-34-21-38(55-60-37(23-52-40(34)60)41(62)53-33-20-31(33)47)58-14-9-29-28(3-2-4-35(29)58)32-8-5-26(22-51-32)24-56-16-11-44(45(48,49)25-56)12-17-57(18-13-44)42(63)27-6-7-30(46)36(19-27)59-15-10-39(61)54-43(59)64/h2-8,19,21-23,31,33,50H,9-18,20,24-25H2,1H3,(H,53,62)(H,54,61,64)/t31-,33+/m0/s1. The number of hydrogen-bond donors (Lipinski definition) is 3. The number of piperidine rings is 2. The molecule has 2 aromatic carbocycles. The molecule has 0 unspecified atom stereocenters. The van der Waals surface area contributed by atoms with Crippen molar-refractivity contribution in [1.29, 1.82) is 0 Å². The van der Waals surface area contributed by atoms with Gasteiger partial charge in [-0.1, -0.05) is 29.8 Å². The summed E-state index contributed by atoms with van der Waals surface area (Å²) in [5.41, 5.74) is 5.30. The summed E-state index contributed by atoms with van der Waals surface area (Å²) in [6.45, 7) is 1.50. The number of halogens is 4. The highest BCUT2D eigenvalue weighted by atomic mass is 35.5. The summed E-state index contributed by atoms with van der Waals surface area (Å²) in [7, 11) is 1.77. The van der Waals surface area contributed by atoms with Gasteiger partial charge in [0.15, 0.2) is 17.2 Å². The first kappa shape index (κ1) is 41.7. The number of imide groups is 1. The number of carbonyl (C=O) groups is 4. The van der Waals surface area contributed by atoms with E-state index in [0.29, 0.717) is 61.7 Å². The van der Waals surface area contributed by atoms with Crippen LogP contribution in [0.3, 0.4) is 0 Å². The molecule has 332 valence electrons. The first-order chi connectivity index (χ1) is 30.8. The second-order valence-corrected chi connectivity index (χ2v) is 17.7. The molecule has 3 N–H and O–H groups in total.